The van der Waals surface area contributed by atoms with Gasteiger partial charge in [0.25, 0.3) is 0 Å². The highest BCUT2D eigenvalue weighted by Crippen LogP contribution is 2.04. The van der Waals surface area contributed by atoms with Gasteiger partial charge in [0.1, 0.15) is 0 Å². The van der Waals surface area contributed by atoms with Gasteiger partial charge in [-0.1, -0.05) is 60.7 Å². The maximum absolute atomic E-state index is 11.6. The van der Waals surface area contributed by atoms with Crippen LogP contribution >= 0.6 is 0 Å². The lowest BCUT2D eigenvalue weighted by molar-refractivity contribution is 0.0972. The molecule has 0 atom stereocenters. The lowest BCUT2D eigenvalue weighted by Gasteiger charge is -2.07. The van der Waals surface area contributed by atoms with Crippen molar-refractivity contribution in [3.8, 4) is 0 Å². The first-order chi connectivity index (χ1) is 13.2. The molecule has 0 bridgehead atoms. The summed E-state index contributed by atoms with van der Waals surface area (Å²) in [5.41, 5.74) is 2.15. The van der Waals surface area contributed by atoms with E-state index in [9.17, 15) is 8.42 Å². The summed E-state index contributed by atoms with van der Waals surface area (Å²) in [7, 11) is -3.97. The highest BCUT2D eigenvalue weighted by molar-refractivity contribution is 7.81. The standard InChI is InChI=1S/C20H26O6S/c21-27(22,25-15-7-13-23-17-19-9-3-1-4-10-19)26-16-8-14-24-18-20-11-5-2-6-12-20/h1-6,9-12H,7-8,13-18H2. The van der Waals surface area contributed by atoms with Crippen molar-refractivity contribution in [2.45, 2.75) is 26.1 Å². The third-order valence-corrected chi connectivity index (χ3v) is 4.46. The lowest BCUT2D eigenvalue weighted by atomic mass is 10.2. The largest absolute Gasteiger partial charge is 0.399 e. The molecule has 0 N–H and O–H groups in total. The Balaban J connectivity index is 1.45. The summed E-state index contributed by atoms with van der Waals surface area (Å²) in [4.78, 5) is 0. The topological polar surface area (TPSA) is 71.1 Å². The Kier molecular flexibility index (Phi) is 10.0. The lowest BCUT2D eigenvalue weighted by Crippen LogP contribution is -2.14. The maximum atomic E-state index is 11.6. The third kappa shape index (κ3) is 10.2. The zero-order valence-electron chi connectivity index (χ0n) is 15.3. The molecule has 148 valence electrons. The van der Waals surface area contributed by atoms with E-state index in [0.29, 0.717) is 39.3 Å². The van der Waals surface area contributed by atoms with Crippen LogP contribution in [0.25, 0.3) is 0 Å². The van der Waals surface area contributed by atoms with Gasteiger partial charge in [-0.2, -0.15) is 8.42 Å². The van der Waals surface area contributed by atoms with Crippen molar-refractivity contribution < 1.29 is 26.3 Å². The predicted molar refractivity (Wildman–Crippen MR) is 102 cm³/mol. The number of ether oxygens (including phenoxy) is 2. The SMILES string of the molecule is O=S(=O)(OCCCOCc1ccccc1)OCCCOCc1ccccc1. The Morgan fingerprint density at radius 3 is 1.41 bits per heavy atom. The van der Waals surface area contributed by atoms with Crippen molar-refractivity contribution in [1.82, 2.24) is 0 Å². The molecule has 0 amide bonds. The fourth-order valence-electron chi connectivity index (χ4n) is 2.21. The van der Waals surface area contributed by atoms with Crippen LogP contribution in [0, 0.1) is 0 Å². The van der Waals surface area contributed by atoms with E-state index in [1.807, 2.05) is 60.7 Å². The first-order valence-corrected chi connectivity index (χ1v) is 10.3. The normalized spacial score (nSPS) is 11.6. The fourth-order valence-corrected chi connectivity index (χ4v) is 2.92. The minimum absolute atomic E-state index is 0.0294. The molecule has 0 aromatic heterocycles. The second kappa shape index (κ2) is 12.6. The van der Waals surface area contributed by atoms with Crippen LogP contribution in [-0.2, 0) is 41.5 Å². The van der Waals surface area contributed by atoms with Gasteiger partial charge in [-0.15, -0.1) is 0 Å². The summed E-state index contributed by atoms with van der Waals surface area (Å²) in [6, 6.07) is 19.5. The molecule has 0 aliphatic heterocycles. The van der Waals surface area contributed by atoms with Gasteiger partial charge >= 0.3 is 10.4 Å². The molecule has 2 aromatic carbocycles. The van der Waals surface area contributed by atoms with E-state index >= 15 is 0 Å². The first-order valence-electron chi connectivity index (χ1n) is 8.93. The molecule has 0 fully saturated rings. The molecule has 7 heteroatoms. The van der Waals surface area contributed by atoms with Gasteiger partial charge in [0, 0.05) is 13.2 Å². The van der Waals surface area contributed by atoms with Crippen LogP contribution < -0.4 is 0 Å². The van der Waals surface area contributed by atoms with Gasteiger partial charge in [0.2, 0.25) is 0 Å². The van der Waals surface area contributed by atoms with Crippen LogP contribution in [0.4, 0.5) is 0 Å². The quantitative estimate of drug-likeness (QED) is 0.457. The van der Waals surface area contributed by atoms with E-state index < -0.39 is 10.4 Å². The molecule has 0 heterocycles. The molecule has 6 nitrogen and oxygen atoms in total. The zero-order valence-corrected chi connectivity index (χ0v) is 16.1. The number of hydrogen-bond donors (Lipinski definition) is 0. The number of rotatable bonds is 14. The van der Waals surface area contributed by atoms with Crippen molar-refractivity contribution in [3.63, 3.8) is 0 Å². The van der Waals surface area contributed by atoms with Gasteiger partial charge < -0.3 is 9.47 Å². The van der Waals surface area contributed by atoms with Crippen molar-refractivity contribution in [2.24, 2.45) is 0 Å². The molecule has 0 saturated heterocycles. The van der Waals surface area contributed by atoms with Crippen LogP contribution in [0.1, 0.15) is 24.0 Å². The van der Waals surface area contributed by atoms with Gasteiger partial charge in [0.05, 0.1) is 26.4 Å². The van der Waals surface area contributed by atoms with Gasteiger partial charge in [0.15, 0.2) is 0 Å². The van der Waals surface area contributed by atoms with E-state index in [4.69, 9.17) is 17.8 Å². The smallest absolute Gasteiger partial charge is 0.377 e. The van der Waals surface area contributed by atoms with Crippen molar-refractivity contribution in [2.75, 3.05) is 26.4 Å². The van der Waals surface area contributed by atoms with Crippen LogP contribution in [0.5, 0.6) is 0 Å². The summed E-state index contributed by atoms with van der Waals surface area (Å²) in [6.45, 7) is 1.87. The summed E-state index contributed by atoms with van der Waals surface area (Å²) >= 11 is 0. The fraction of sp³-hybridized carbons (Fsp3) is 0.400. The van der Waals surface area contributed by atoms with E-state index in [1.54, 1.807) is 0 Å². The van der Waals surface area contributed by atoms with Crippen LogP contribution in [-0.4, -0.2) is 34.8 Å². The maximum Gasteiger partial charge on any atom is 0.399 e. The van der Waals surface area contributed by atoms with Gasteiger partial charge in [-0.25, -0.2) is 8.37 Å². The molecule has 0 saturated carbocycles. The second-order valence-corrected chi connectivity index (χ2v) is 7.12. The first kappa shape index (κ1) is 21.5. The van der Waals surface area contributed by atoms with E-state index in [-0.39, 0.29) is 13.2 Å². The van der Waals surface area contributed by atoms with Crippen LogP contribution in [0.15, 0.2) is 60.7 Å². The summed E-state index contributed by atoms with van der Waals surface area (Å²) in [6.07, 6.45) is 0.936. The Labute approximate surface area is 161 Å². The monoisotopic (exact) mass is 394 g/mol. The van der Waals surface area contributed by atoms with E-state index in [0.717, 1.165) is 11.1 Å². The minimum atomic E-state index is -3.97. The second-order valence-electron chi connectivity index (χ2n) is 5.84. The van der Waals surface area contributed by atoms with Crippen LogP contribution in [0.3, 0.4) is 0 Å². The molecule has 0 radical (unpaired) electrons. The Morgan fingerprint density at radius 2 is 1.00 bits per heavy atom. The van der Waals surface area contributed by atoms with Crippen molar-refractivity contribution in [1.29, 1.82) is 0 Å². The average Bonchev–Trinajstić information content (AvgIpc) is 2.69. The number of benzene rings is 2. The summed E-state index contributed by atoms with van der Waals surface area (Å²) in [5, 5.41) is 0. The average molecular weight is 394 g/mol. The molecule has 0 aliphatic rings. The van der Waals surface area contributed by atoms with E-state index in [1.165, 1.54) is 0 Å². The van der Waals surface area contributed by atoms with Gasteiger partial charge in [-0.05, 0) is 24.0 Å². The summed E-state index contributed by atoms with van der Waals surface area (Å²) in [5.74, 6) is 0. The zero-order chi connectivity index (χ0) is 19.2. The molecule has 2 rings (SSSR count). The molecule has 0 aliphatic carbocycles. The van der Waals surface area contributed by atoms with Crippen molar-refractivity contribution >= 4 is 10.4 Å². The summed E-state index contributed by atoms with van der Waals surface area (Å²) < 4.78 is 43.7. The third-order valence-electron chi connectivity index (χ3n) is 3.54. The minimum Gasteiger partial charge on any atom is -0.377 e. The Bertz CT molecular complexity index is 661. The Hall–Kier alpha value is -1.77. The highest BCUT2D eigenvalue weighted by atomic mass is 32.3. The molecule has 27 heavy (non-hydrogen) atoms. The molecule has 0 unspecified atom stereocenters. The highest BCUT2D eigenvalue weighted by Gasteiger charge is 2.11. The Morgan fingerprint density at radius 1 is 0.593 bits per heavy atom. The van der Waals surface area contributed by atoms with Crippen molar-refractivity contribution in [3.05, 3.63) is 71.8 Å². The van der Waals surface area contributed by atoms with Gasteiger partial charge in [-0.3, -0.25) is 0 Å². The van der Waals surface area contributed by atoms with E-state index in [2.05, 4.69) is 0 Å². The molecular weight excluding hydrogens is 368 g/mol. The molecular formula is C20H26O6S. The predicted octanol–water partition coefficient (Wildman–Crippen LogP) is 3.48. The van der Waals surface area contributed by atoms with Crippen LogP contribution in [0.2, 0.25) is 0 Å². The molecule has 0 spiro atoms. The molecule has 2 aromatic rings. The number of hydrogen-bond acceptors (Lipinski definition) is 6.